The van der Waals surface area contributed by atoms with Crippen molar-refractivity contribution >= 4 is 16.0 Å². The van der Waals surface area contributed by atoms with Gasteiger partial charge in [-0.25, -0.2) is 0 Å². The first-order valence-corrected chi connectivity index (χ1v) is 6.54. The van der Waals surface area contributed by atoms with Crippen molar-refractivity contribution in [1.29, 1.82) is 0 Å². The number of aromatic amines is 1. The van der Waals surface area contributed by atoms with Crippen LogP contribution >= 0.6 is 0 Å². The molecule has 1 aromatic carbocycles. The monoisotopic (exact) mass is 282 g/mol. The zero-order valence-electron chi connectivity index (χ0n) is 9.78. The van der Waals surface area contributed by atoms with Crippen LogP contribution in [-0.4, -0.2) is 34.3 Å². The Kier molecular flexibility index (Phi) is 3.08. The Bertz CT molecular complexity index is 751. The van der Waals surface area contributed by atoms with E-state index in [1.807, 2.05) is 0 Å². The van der Waals surface area contributed by atoms with E-state index in [1.165, 1.54) is 19.1 Å². The van der Waals surface area contributed by atoms with Gasteiger partial charge in [-0.15, -0.1) is 0 Å². The summed E-state index contributed by atoms with van der Waals surface area (Å²) in [6.45, 7) is 1.53. The predicted octanol–water partition coefficient (Wildman–Crippen LogP) is 0.126. The molecule has 2 rings (SSSR count). The third-order valence-electron chi connectivity index (χ3n) is 2.52. The van der Waals surface area contributed by atoms with Crippen molar-refractivity contribution < 1.29 is 17.8 Å². The lowest BCUT2D eigenvalue weighted by Gasteiger charge is -2.05. The molecule has 0 saturated heterocycles. The van der Waals surface area contributed by atoms with Crippen molar-refractivity contribution in [1.82, 2.24) is 15.4 Å². The fourth-order valence-electron chi connectivity index (χ4n) is 1.63. The molecule has 0 aliphatic heterocycles. The van der Waals surface area contributed by atoms with Gasteiger partial charge in [0, 0.05) is 5.56 Å². The van der Waals surface area contributed by atoms with Gasteiger partial charge in [-0.05, 0) is 18.6 Å². The van der Waals surface area contributed by atoms with E-state index in [-0.39, 0.29) is 16.3 Å². The van der Waals surface area contributed by atoms with E-state index in [1.54, 1.807) is 6.07 Å². The lowest BCUT2D eigenvalue weighted by molar-refractivity contribution is 0.0996. The number of hydrogen-bond donors (Lipinski definition) is 3. The van der Waals surface area contributed by atoms with E-state index in [0.29, 0.717) is 11.1 Å². The van der Waals surface area contributed by atoms with Crippen LogP contribution in [0.2, 0.25) is 0 Å². The highest BCUT2D eigenvalue weighted by atomic mass is 32.2. The number of nitrogens with zero attached hydrogens (tertiary/aromatic N) is 2. The molecule has 100 valence electrons. The number of amides is 1. The topological polar surface area (TPSA) is 139 Å². The number of nitrogens with one attached hydrogen (secondary N) is 1. The van der Waals surface area contributed by atoms with Crippen molar-refractivity contribution in [2.24, 2.45) is 5.73 Å². The second-order valence-electron chi connectivity index (χ2n) is 3.84. The number of nitrogens with two attached hydrogens (primary N) is 1. The number of carbonyl (C=O) groups is 1. The summed E-state index contributed by atoms with van der Waals surface area (Å²) in [7, 11) is -4.35. The SMILES string of the molecule is Cc1ccc(-c2n[nH]nc2C(N)=O)cc1S(=O)(=O)O. The number of carbonyl (C=O) groups excluding carboxylic acids is 1. The molecule has 0 spiro atoms. The average Bonchev–Trinajstić information content (AvgIpc) is 2.77. The van der Waals surface area contributed by atoms with Gasteiger partial charge < -0.3 is 5.73 Å². The van der Waals surface area contributed by atoms with Crippen LogP contribution in [0.1, 0.15) is 16.1 Å². The molecule has 2 aromatic rings. The minimum absolute atomic E-state index is 0.106. The zero-order chi connectivity index (χ0) is 14.2. The Balaban J connectivity index is 2.65. The molecule has 0 unspecified atom stereocenters. The van der Waals surface area contributed by atoms with Crippen molar-refractivity contribution in [3.8, 4) is 11.3 Å². The van der Waals surface area contributed by atoms with Crippen molar-refractivity contribution in [3.05, 3.63) is 29.5 Å². The van der Waals surface area contributed by atoms with Gasteiger partial charge in [-0.3, -0.25) is 9.35 Å². The molecule has 9 heteroatoms. The van der Waals surface area contributed by atoms with Crippen LogP contribution in [0.25, 0.3) is 11.3 Å². The van der Waals surface area contributed by atoms with E-state index >= 15 is 0 Å². The molecule has 1 heterocycles. The summed E-state index contributed by atoms with van der Waals surface area (Å²) >= 11 is 0. The molecule has 0 aliphatic carbocycles. The summed E-state index contributed by atoms with van der Waals surface area (Å²) in [5.41, 5.74) is 5.81. The highest BCUT2D eigenvalue weighted by molar-refractivity contribution is 7.85. The van der Waals surface area contributed by atoms with Crippen molar-refractivity contribution in [2.45, 2.75) is 11.8 Å². The van der Waals surface area contributed by atoms with Crippen LogP contribution in [0.15, 0.2) is 23.1 Å². The summed E-state index contributed by atoms with van der Waals surface area (Å²) in [6, 6.07) is 4.24. The molecule has 0 atom stereocenters. The molecule has 8 nitrogen and oxygen atoms in total. The maximum atomic E-state index is 11.2. The number of benzene rings is 1. The summed E-state index contributed by atoms with van der Waals surface area (Å²) < 4.78 is 31.5. The molecular formula is C10H10N4O4S. The molecule has 0 radical (unpaired) electrons. The van der Waals surface area contributed by atoms with Gasteiger partial charge in [0.25, 0.3) is 16.0 Å². The van der Waals surface area contributed by atoms with E-state index in [0.717, 1.165) is 0 Å². The summed E-state index contributed by atoms with van der Waals surface area (Å²) in [5, 5.41) is 9.57. The first kappa shape index (κ1) is 13.2. The minimum Gasteiger partial charge on any atom is -0.364 e. The standard InChI is InChI=1S/C10H10N4O4S/c1-5-2-3-6(4-7(5)19(16,17)18)8-9(10(11)15)13-14-12-8/h2-4H,1H3,(H2,11,15)(H,12,13,14)(H,16,17,18). The fraction of sp³-hybridized carbons (Fsp3) is 0.100. The molecule has 4 N–H and O–H groups in total. The Labute approximate surface area is 108 Å². The second-order valence-corrected chi connectivity index (χ2v) is 5.23. The normalized spacial score (nSPS) is 11.5. The molecule has 0 aliphatic rings. The fourth-order valence-corrected chi connectivity index (χ4v) is 2.38. The lowest BCUT2D eigenvalue weighted by Crippen LogP contribution is -2.13. The van der Waals surface area contributed by atoms with Gasteiger partial charge in [0.15, 0.2) is 5.69 Å². The maximum Gasteiger partial charge on any atom is 0.294 e. The molecule has 19 heavy (non-hydrogen) atoms. The van der Waals surface area contributed by atoms with Crippen LogP contribution < -0.4 is 5.73 Å². The highest BCUT2D eigenvalue weighted by Crippen LogP contribution is 2.25. The van der Waals surface area contributed by atoms with Gasteiger partial charge >= 0.3 is 0 Å². The largest absolute Gasteiger partial charge is 0.364 e. The van der Waals surface area contributed by atoms with Crippen LogP contribution in [0.5, 0.6) is 0 Å². The maximum absolute atomic E-state index is 11.2. The van der Waals surface area contributed by atoms with E-state index in [9.17, 15) is 13.2 Å². The first-order valence-electron chi connectivity index (χ1n) is 5.10. The van der Waals surface area contributed by atoms with Gasteiger partial charge in [0.2, 0.25) is 0 Å². The molecule has 1 amide bonds. The van der Waals surface area contributed by atoms with Crippen LogP contribution in [0, 0.1) is 6.92 Å². The number of aromatic nitrogens is 3. The summed E-state index contributed by atoms with van der Waals surface area (Å²) in [5.74, 6) is -0.794. The van der Waals surface area contributed by atoms with Gasteiger partial charge in [-0.1, -0.05) is 12.1 Å². The van der Waals surface area contributed by atoms with Gasteiger partial charge in [-0.2, -0.15) is 23.8 Å². The Morgan fingerprint density at radius 3 is 2.63 bits per heavy atom. The molecule has 0 fully saturated rings. The second kappa shape index (κ2) is 4.44. The first-order chi connectivity index (χ1) is 8.80. The van der Waals surface area contributed by atoms with Crippen LogP contribution in [0.3, 0.4) is 0 Å². The number of primary amides is 1. The third-order valence-corrected chi connectivity index (χ3v) is 3.52. The summed E-state index contributed by atoms with van der Waals surface area (Å²) in [6.07, 6.45) is 0. The molecule has 0 saturated carbocycles. The average molecular weight is 282 g/mol. The summed E-state index contributed by atoms with van der Waals surface area (Å²) in [4.78, 5) is 10.9. The molecule has 1 aromatic heterocycles. The van der Waals surface area contributed by atoms with Gasteiger partial charge in [0.1, 0.15) is 5.69 Å². The van der Waals surface area contributed by atoms with Crippen LogP contribution in [0.4, 0.5) is 0 Å². The smallest absolute Gasteiger partial charge is 0.294 e. The third kappa shape index (κ3) is 2.46. The number of H-pyrrole nitrogens is 1. The number of hydrogen-bond acceptors (Lipinski definition) is 5. The zero-order valence-corrected chi connectivity index (χ0v) is 10.6. The number of rotatable bonds is 3. The quantitative estimate of drug-likeness (QED) is 0.683. The van der Waals surface area contributed by atoms with Crippen molar-refractivity contribution in [2.75, 3.05) is 0 Å². The highest BCUT2D eigenvalue weighted by Gasteiger charge is 2.19. The van der Waals surface area contributed by atoms with E-state index in [4.69, 9.17) is 10.3 Å². The Morgan fingerprint density at radius 1 is 1.37 bits per heavy atom. The van der Waals surface area contributed by atoms with Crippen LogP contribution in [-0.2, 0) is 10.1 Å². The van der Waals surface area contributed by atoms with Crippen molar-refractivity contribution in [3.63, 3.8) is 0 Å². The van der Waals surface area contributed by atoms with Gasteiger partial charge in [0.05, 0.1) is 4.90 Å². The lowest BCUT2D eigenvalue weighted by atomic mass is 10.1. The number of aryl methyl sites for hydroxylation is 1. The Morgan fingerprint density at radius 2 is 2.05 bits per heavy atom. The minimum atomic E-state index is -4.35. The predicted molar refractivity (Wildman–Crippen MR) is 64.9 cm³/mol. The van der Waals surface area contributed by atoms with E-state index < -0.39 is 16.0 Å². The van der Waals surface area contributed by atoms with E-state index in [2.05, 4.69) is 15.4 Å². The molecule has 0 bridgehead atoms. The molecular weight excluding hydrogens is 272 g/mol. The Hall–Kier alpha value is -2.26.